The maximum absolute atomic E-state index is 2.29. The number of hydrogen-bond donors (Lipinski definition) is 0. The molecule has 1 aromatic carbocycles. The Bertz CT molecular complexity index is 486. The highest BCUT2D eigenvalue weighted by Crippen LogP contribution is 2.27. The van der Waals surface area contributed by atoms with Crippen molar-refractivity contribution < 1.29 is 0 Å². The summed E-state index contributed by atoms with van der Waals surface area (Å²) in [4.78, 5) is 0. The van der Waals surface area contributed by atoms with Crippen LogP contribution in [0.3, 0.4) is 0 Å². The summed E-state index contributed by atoms with van der Waals surface area (Å²) in [5.74, 6) is 0. The number of aromatic nitrogens is 1. The molecule has 0 saturated carbocycles. The Hall–Kier alpha value is -1.50. The monoisotopic (exact) mass is 213 g/mol. The molecule has 0 unspecified atom stereocenters. The first kappa shape index (κ1) is 11.0. The summed E-state index contributed by atoms with van der Waals surface area (Å²) in [5, 5.41) is 0. The van der Waals surface area contributed by atoms with E-state index >= 15 is 0 Å². The van der Waals surface area contributed by atoms with Crippen LogP contribution in [0.5, 0.6) is 0 Å². The molecule has 84 valence electrons. The molecule has 0 atom stereocenters. The van der Waals surface area contributed by atoms with E-state index in [4.69, 9.17) is 0 Å². The average Bonchev–Trinajstić information content (AvgIpc) is 2.63. The Morgan fingerprint density at radius 2 is 1.75 bits per heavy atom. The molecule has 0 saturated heterocycles. The van der Waals surface area contributed by atoms with Crippen molar-refractivity contribution in [2.75, 3.05) is 0 Å². The fraction of sp³-hybridized carbons (Fsp3) is 0.333. The van der Waals surface area contributed by atoms with E-state index in [2.05, 4.69) is 75.0 Å². The van der Waals surface area contributed by atoms with Gasteiger partial charge in [0.25, 0.3) is 0 Å². The van der Waals surface area contributed by atoms with Crippen LogP contribution in [0, 0.1) is 0 Å². The lowest BCUT2D eigenvalue weighted by molar-refractivity contribution is 0.590. The highest BCUT2D eigenvalue weighted by Gasteiger charge is 2.14. The normalized spacial score (nSPS) is 11.8. The van der Waals surface area contributed by atoms with Gasteiger partial charge in [0.05, 0.1) is 0 Å². The predicted molar refractivity (Wildman–Crippen MR) is 69.5 cm³/mol. The molecule has 2 rings (SSSR count). The average molecular weight is 213 g/mol. The molecule has 0 bridgehead atoms. The zero-order chi connectivity index (χ0) is 11.8. The third-order valence-corrected chi connectivity index (χ3v) is 2.97. The Balaban J connectivity index is 2.49. The van der Waals surface area contributed by atoms with Crippen LogP contribution in [0.4, 0.5) is 0 Å². The zero-order valence-corrected chi connectivity index (χ0v) is 10.5. The molecule has 0 amide bonds. The van der Waals surface area contributed by atoms with Crippen molar-refractivity contribution >= 4 is 0 Å². The molecule has 0 aliphatic rings. The van der Waals surface area contributed by atoms with Crippen LogP contribution in [0.2, 0.25) is 0 Å². The van der Waals surface area contributed by atoms with Crippen LogP contribution in [0.15, 0.2) is 42.6 Å². The van der Waals surface area contributed by atoms with Crippen molar-refractivity contribution in [3.63, 3.8) is 0 Å². The third-order valence-electron chi connectivity index (χ3n) is 2.97. The van der Waals surface area contributed by atoms with E-state index in [1.807, 2.05) is 0 Å². The summed E-state index contributed by atoms with van der Waals surface area (Å²) in [7, 11) is 2.08. The summed E-state index contributed by atoms with van der Waals surface area (Å²) in [6, 6.07) is 13.0. The molecule has 2 aromatic rings. The van der Waals surface area contributed by atoms with E-state index in [0.717, 1.165) is 0 Å². The maximum Gasteiger partial charge on any atom is 0.0477 e. The van der Waals surface area contributed by atoms with E-state index in [9.17, 15) is 0 Å². The summed E-state index contributed by atoms with van der Waals surface area (Å²) in [5.41, 5.74) is 4.15. The number of hydrogen-bond acceptors (Lipinski definition) is 0. The van der Waals surface area contributed by atoms with Crippen LogP contribution in [0.1, 0.15) is 26.3 Å². The van der Waals surface area contributed by atoms with Crippen LogP contribution in [-0.4, -0.2) is 4.57 Å². The van der Waals surface area contributed by atoms with Gasteiger partial charge >= 0.3 is 0 Å². The van der Waals surface area contributed by atoms with Gasteiger partial charge in [-0.3, -0.25) is 0 Å². The van der Waals surface area contributed by atoms with E-state index in [1.54, 1.807) is 0 Å². The van der Waals surface area contributed by atoms with Crippen molar-refractivity contribution in [2.24, 2.45) is 7.05 Å². The molecule has 1 nitrogen and oxygen atoms in total. The van der Waals surface area contributed by atoms with Crippen molar-refractivity contribution in [3.05, 3.63) is 48.2 Å². The molecule has 0 aliphatic carbocycles. The SMILES string of the molecule is Cn1cccc1-c1cccc(C(C)(C)C)c1. The first-order valence-electron chi connectivity index (χ1n) is 5.71. The minimum atomic E-state index is 0.209. The molecule has 0 aliphatic heterocycles. The first-order valence-corrected chi connectivity index (χ1v) is 5.71. The summed E-state index contributed by atoms with van der Waals surface area (Å²) in [6.07, 6.45) is 2.08. The minimum Gasteiger partial charge on any atom is -0.351 e. The molecule has 0 N–H and O–H groups in total. The largest absolute Gasteiger partial charge is 0.351 e. The fourth-order valence-electron chi connectivity index (χ4n) is 1.91. The van der Waals surface area contributed by atoms with Crippen molar-refractivity contribution in [2.45, 2.75) is 26.2 Å². The van der Waals surface area contributed by atoms with Gasteiger partial charge in [-0.05, 0) is 34.7 Å². The molecule has 16 heavy (non-hydrogen) atoms. The number of rotatable bonds is 1. The molecule has 0 fully saturated rings. The molecule has 0 spiro atoms. The molecular weight excluding hydrogens is 194 g/mol. The van der Waals surface area contributed by atoms with E-state index in [1.165, 1.54) is 16.8 Å². The highest BCUT2D eigenvalue weighted by atomic mass is 14.9. The molecular formula is C15H19N. The standard InChI is InChI=1S/C15H19N/c1-15(2,3)13-8-5-7-12(11-13)14-9-6-10-16(14)4/h5-11H,1-4H3. The molecule has 0 radical (unpaired) electrons. The zero-order valence-electron chi connectivity index (χ0n) is 10.5. The van der Waals surface area contributed by atoms with Gasteiger partial charge in [-0.2, -0.15) is 0 Å². The second-order valence-corrected chi connectivity index (χ2v) is 5.34. The topological polar surface area (TPSA) is 4.93 Å². The van der Waals surface area contributed by atoms with Crippen molar-refractivity contribution in [1.82, 2.24) is 4.57 Å². The van der Waals surface area contributed by atoms with Gasteiger partial charge in [0.15, 0.2) is 0 Å². The Morgan fingerprint density at radius 1 is 1.00 bits per heavy atom. The highest BCUT2D eigenvalue weighted by molar-refractivity contribution is 5.61. The summed E-state index contributed by atoms with van der Waals surface area (Å²) in [6.45, 7) is 6.74. The first-order chi connectivity index (χ1) is 7.48. The van der Waals surface area contributed by atoms with Gasteiger partial charge in [-0.15, -0.1) is 0 Å². The Labute approximate surface area is 97.7 Å². The second-order valence-electron chi connectivity index (χ2n) is 5.34. The van der Waals surface area contributed by atoms with E-state index < -0.39 is 0 Å². The quantitative estimate of drug-likeness (QED) is 0.675. The molecule has 1 heteroatoms. The minimum absolute atomic E-state index is 0.209. The van der Waals surface area contributed by atoms with Gasteiger partial charge in [0.2, 0.25) is 0 Å². The predicted octanol–water partition coefficient (Wildman–Crippen LogP) is 3.99. The van der Waals surface area contributed by atoms with Crippen LogP contribution in [0.25, 0.3) is 11.3 Å². The number of benzene rings is 1. The summed E-state index contributed by atoms with van der Waals surface area (Å²) < 4.78 is 2.15. The van der Waals surface area contributed by atoms with Gasteiger partial charge in [0.1, 0.15) is 0 Å². The maximum atomic E-state index is 2.29. The molecule has 1 aromatic heterocycles. The third kappa shape index (κ3) is 2.04. The van der Waals surface area contributed by atoms with Crippen LogP contribution in [-0.2, 0) is 12.5 Å². The number of nitrogens with zero attached hydrogens (tertiary/aromatic N) is 1. The van der Waals surface area contributed by atoms with Crippen molar-refractivity contribution in [3.8, 4) is 11.3 Å². The van der Waals surface area contributed by atoms with Gasteiger partial charge in [0, 0.05) is 18.9 Å². The Morgan fingerprint density at radius 3 is 2.31 bits per heavy atom. The van der Waals surface area contributed by atoms with Crippen LogP contribution < -0.4 is 0 Å². The number of aryl methyl sites for hydroxylation is 1. The van der Waals surface area contributed by atoms with Gasteiger partial charge < -0.3 is 4.57 Å². The van der Waals surface area contributed by atoms with Gasteiger partial charge in [-0.25, -0.2) is 0 Å². The van der Waals surface area contributed by atoms with E-state index in [0.29, 0.717) is 0 Å². The lowest BCUT2D eigenvalue weighted by Gasteiger charge is -2.19. The molecule has 1 heterocycles. The smallest absolute Gasteiger partial charge is 0.0477 e. The summed E-state index contributed by atoms with van der Waals surface area (Å²) >= 11 is 0. The lowest BCUT2D eigenvalue weighted by atomic mass is 9.86. The fourth-order valence-corrected chi connectivity index (χ4v) is 1.91. The Kier molecular flexibility index (Phi) is 2.63. The lowest BCUT2D eigenvalue weighted by Crippen LogP contribution is -2.10. The van der Waals surface area contributed by atoms with Crippen LogP contribution >= 0.6 is 0 Å². The second kappa shape index (κ2) is 3.82. The van der Waals surface area contributed by atoms with Crippen molar-refractivity contribution in [1.29, 1.82) is 0 Å². The van der Waals surface area contributed by atoms with E-state index in [-0.39, 0.29) is 5.41 Å². The van der Waals surface area contributed by atoms with Gasteiger partial charge in [-0.1, -0.05) is 39.0 Å².